The quantitative estimate of drug-likeness (QED) is 0.204. The molecule has 1 N–H and O–H groups in total. The lowest BCUT2D eigenvalue weighted by atomic mass is 10.0. The van der Waals surface area contributed by atoms with Crippen LogP contribution < -0.4 is 14.4 Å². The molecule has 3 aromatic carbocycles. The third-order valence-corrected chi connectivity index (χ3v) is 9.13. The predicted octanol–water partition coefficient (Wildman–Crippen LogP) is 6.21. The normalized spacial score (nSPS) is 12.7. The zero-order chi connectivity index (χ0) is 31.6. The molecule has 2 amide bonds. The maximum Gasteiger partial charge on any atom is 0.243 e. The molecule has 0 spiro atoms. The first-order chi connectivity index (χ1) is 20.4. The standard InChI is InChI=1S/C32H39BrClN3O5S/c1-5-23(2)35-32(39)29(20-24-10-7-6-8-11-24)36(22-25-13-15-26(33)16-14-25)31(38)12-9-19-37(43(4,40)41)27-17-18-30(42-3)28(34)21-27/h6-8,10-11,13-18,21,23,29H,5,9,12,19-20,22H2,1-4H3,(H,35,39)/t23-,29-/m0/s1. The molecular formula is C32H39BrClN3O5S. The van der Waals surface area contributed by atoms with E-state index >= 15 is 0 Å². The Labute approximate surface area is 268 Å². The number of hydrogen-bond acceptors (Lipinski definition) is 5. The number of halogens is 2. The van der Waals surface area contributed by atoms with Crippen LogP contribution in [-0.2, 0) is 32.6 Å². The average molecular weight is 693 g/mol. The number of ether oxygens (including phenoxy) is 1. The number of anilines is 1. The summed E-state index contributed by atoms with van der Waals surface area (Å²) < 4.78 is 32.7. The van der Waals surface area contributed by atoms with Crippen molar-refractivity contribution in [3.8, 4) is 5.75 Å². The molecule has 0 aromatic heterocycles. The highest BCUT2D eigenvalue weighted by atomic mass is 79.9. The second-order valence-corrected chi connectivity index (χ2v) is 13.7. The summed E-state index contributed by atoms with van der Waals surface area (Å²) in [6.45, 7) is 4.21. The number of hydrogen-bond donors (Lipinski definition) is 1. The number of amides is 2. The summed E-state index contributed by atoms with van der Waals surface area (Å²) in [6.07, 6.45) is 2.47. The van der Waals surface area contributed by atoms with E-state index in [1.165, 1.54) is 17.5 Å². The summed E-state index contributed by atoms with van der Waals surface area (Å²) in [7, 11) is -2.19. The zero-order valence-corrected chi connectivity index (χ0v) is 28.1. The van der Waals surface area contributed by atoms with Gasteiger partial charge in [0, 0.05) is 36.4 Å². The molecule has 0 saturated carbocycles. The SMILES string of the molecule is CC[C@H](C)NC(=O)[C@H](Cc1ccccc1)N(Cc1ccc(Br)cc1)C(=O)CCCN(c1ccc(OC)c(Cl)c1)S(C)(=O)=O. The molecule has 0 aliphatic rings. The van der Waals surface area contributed by atoms with E-state index in [2.05, 4.69) is 21.2 Å². The van der Waals surface area contributed by atoms with E-state index < -0.39 is 16.1 Å². The molecule has 232 valence electrons. The lowest BCUT2D eigenvalue weighted by Gasteiger charge is -2.32. The van der Waals surface area contributed by atoms with Gasteiger partial charge in [0.2, 0.25) is 21.8 Å². The molecule has 0 bridgehead atoms. The molecule has 3 rings (SSSR count). The fraction of sp³-hybridized carbons (Fsp3) is 0.375. The first-order valence-corrected chi connectivity index (χ1v) is 17.1. The number of rotatable bonds is 15. The van der Waals surface area contributed by atoms with Crippen LogP contribution in [0.3, 0.4) is 0 Å². The van der Waals surface area contributed by atoms with Crippen molar-refractivity contribution < 1.29 is 22.7 Å². The van der Waals surface area contributed by atoms with Gasteiger partial charge in [-0.25, -0.2) is 8.42 Å². The Balaban J connectivity index is 1.89. The zero-order valence-electron chi connectivity index (χ0n) is 24.9. The van der Waals surface area contributed by atoms with Crippen LogP contribution in [-0.4, -0.2) is 57.1 Å². The Hall–Kier alpha value is -3.08. The largest absolute Gasteiger partial charge is 0.495 e. The van der Waals surface area contributed by atoms with Gasteiger partial charge in [-0.3, -0.25) is 13.9 Å². The Morgan fingerprint density at radius 2 is 1.70 bits per heavy atom. The Morgan fingerprint density at radius 3 is 2.28 bits per heavy atom. The van der Waals surface area contributed by atoms with Crippen molar-refractivity contribution in [2.24, 2.45) is 0 Å². The van der Waals surface area contributed by atoms with E-state index in [0.29, 0.717) is 17.9 Å². The third-order valence-electron chi connectivity index (χ3n) is 7.11. The summed E-state index contributed by atoms with van der Waals surface area (Å²) >= 11 is 9.72. The van der Waals surface area contributed by atoms with Crippen LogP contribution in [0.2, 0.25) is 5.02 Å². The van der Waals surface area contributed by atoms with Crippen LogP contribution >= 0.6 is 27.5 Å². The molecule has 0 aliphatic carbocycles. The van der Waals surface area contributed by atoms with Crippen molar-refractivity contribution in [3.05, 3.63) is 93.4 Å². The maximum atomic E-state index is 13.9. The molecule has 0 saturated heterocycles. The van der Waals surface area contributed by atoms with Crippen LogP contribution in [0, 0.1) is 0 Å². The summed E-state index contributed by atoms with van der Waals surface area (Å²) in [5.41, 5.74) is 2.18. The highest BCUT2D eigenvalue weighted by Crippen LogP contribution is 2.30. The van der Waals surface area contributed by atoms with Crippen molar-refractivity contribution in [2.75, 3.05) is 24.2 Å². The molecule has 0 heterocycles. The van der Waals surface area contributed by atoms with Crippen molar-refractivity contribution in [1.82, 2.24) is 10.2 Å². The Bertz CT molecular complexity index is 1470. The van der Waals surface area contributed by atoms with Gasteiger partial charge in [0.15, 0.2) is 0 Å². The van der Waals surface area contributed by atoms with E-state index in [4.69, 9.17) is 16.3 Å². The topological polar surface area (TPSA) is 96.0 Å². The summed E-state index contributed by atoms with van der Waals surface area (Å²) in [5, 5.41) is 3.34. The van der Waals surface area contributed by atoms with Gasteiger partial charge in [0.25, 0.3) is 0 Å². The van der Waals surface area contributed by atoms with Crippen LogP contribution in [0.25, 0.3) is 0 Å². The van der Waals surface area contributed by atoms with Gasteiger partial charge in [0.05, 0.1) is 24.1 Å². The number of sulfonamides is 1. The maximum absolute atomic E-state index is 13.9. The van der Waals surface area contributed by atoms with E-state index in [9.17, 15) is 18.0 Å². The predicted molar refractivity (Wildman–Crippen MR) is 176 cm³/mol. The number of carbonyl (C=O) groups excluding carboxylic acids is 2. The number of benzene rings is 3. The van der Waals surface area contributed by atoms with Gasteiger partial charge in [-0.15, -0.1) is 0 Å². The molecule has 3 aromatic rings. The molecule has 0 aliphatic heterocycles. The van der Waals surface area contributed by atoms with Gasteiger partial charge >= 0.3 is 0 Å². The van der Waals surface area contributed by atoms with Gasteiger partial charge in [0.1, 0.15) is 11.8 Å². The molecular weight excluding hydrogens is 654 g/mol. The smallest absolute Gasteiger partial charge is 0.243 e. The average Bonchev–Trinajstić information content (AvgIpc) is 2.97. The first-order valence-electron chi connectivity index (χ1n) is 14.1. The molecule has 11 heteroatoms. The molecule has 43 heavy (non-hydrogen) atoms. The van der Waals surface area contributed by atoms with Crippen LogP contribution in [0.15, 0.2) is 77.3 Å². The number of methoxy groups -OCH3 is 1. The minimum absolute atomic E-state index is 0.0360. The number of nitrogens with zero attached hydrogens (tertiary/aromatic N) is 2. The number of nitrogens with one attached hydrogen (secondary N) is 1. The summed E-state index contributed by atoms with van der Waals surface area (Å²) in [6, 6.07) is 21.1. The molecule has 0 unspecified atom stereocenters. The van der Waals surface area contributed by atoms with Crippen molar-refractivity contribution >= 4 is 55.1 Å². The lowest BCUT2D eigenvalue weighted by molar-refractivity contribution is -0.141. The second-order valence-electron chi connectivity index (χ2n) is 10.4. The van der Waals surface area contributed by atoms with E-state index in [1.54, 1.807) is 17.0 Å². The number of carbonyl (C=O) groups is 2. The van der Waals surface area contributed by atoms with Gasteiger partial charge < -0.3 is 15.0 Å². The van der Waals surface area contributed by atoms with E-state index in [0.717, 1.165) is 28.3 Å². The van der Waals surface area contributed by atoms with Crippen LogP contribution in [0.1, 0.15) is 44.2 Å². The minimum Gasteiger partial charge on any atom is -0.495 e. The molecule has 2 atom stereocenters. The van der Waals surface area contributed by atoms with Gasteiger partial charge in [-0.05, 0) is 61.2 Å². The lowest BCUT2D eigenvalue weighted by Crippen LogP contribution is -2.52. The van der Waals surface area contributed by atoms with Crippen LogP contribution in [0.5, 0.6) is 5.75 Å². The molecule has 0 fully saturated rings. The van der Waals surface area contributed by atoms with E-state index in [-0.39, 0.29) is 48.8 Å². The summed E-state index contributed by atoms with van der Waals surface area (Å²) in [4.78, 5) is 29.2. The Morgan fingerprint density at radius 1 is 1.02 bits per heavy atom. The fourth-order valence-corrected chi connectivity index (χ4v) is 6.07. The first kappa shape index (κ1) is 34.4. The van der Waals surface area contributed by atoms with Crippen molar-refractivity contribution in [2.45, 2.75) is 58.2 Å². The van der Waals surface area contributed by atoms with E-state index in [1.807, 2.05) is 68.4 Å². The third kappa shape index (κ3) is 10.3. The monoisotopic (exact) mass is 691 g/mol. The Kier molecular flexibility index (Phi) is 12.9. The summed E-state index contributed by atoms with van der Waals surface area (Å²) in [5.74, 6) is -0.0450. The van der Waals surface area contributed by atoms with Gasteiger partial charge in [-0.1, -0.05) is 76.9 Å². The molecule has 8 nitrogen and oxygen atoms in total. The molecule has 0 radical (unpaired) electrons. The van der Waals surface area contributed by atoms with Crippen molar-refractivity contribution in [3.63, 3.8) is 0 Å². The fourth-order valence-electron chi connectivity index (χ4n) is 4.60. The second kappa shape index (κ2) is 16.1. The van der Waals surface area contributed by atoms with Gasteiger partial charge in [-0.2, -0.15) is 0 Å². The highest BCUT2D eigenvalue weighted by molar-refractivity contribution is 9.10. The highest BCUT2D eigenvalue weighted by Gasteiger charge is 2.31. The van der Waals surface area contributed by atoms with Crippen LogP contribution in [0.4, 0.5) is 5.69 Å². The van der Waals surface area contributed by atoms with Crippen molar-refractivity contribution in [1.29, 1.82) is 0 Å². The minimum atomic E-state index is -3.67.